The third-order valence-electron chi connectivity index (χ3n) is 6.51. The minimum absolute atomic E-state index is 0.112. The van der Waals surface area contributed by atoms with Gasteiger partial charge in [-0.3, -0.25) is 19.3 Å². The molecule has 2 bridgehead atoms. The van der Waals surface area contributed by atoms with E-state index in [2.05, 4.69) is 9.64 Å². The lowest BCUT2D eigenvalue weighted by molar-refractivity contribution is -0.141. The highest BCUT2D eigenvalue weighted by Crippen LogP contribution is 2.37. The minimum Gasteiger partial charge on any atom is -0.468 e. The second-order valence-electron chi connectivity index (χ2n) is 8.42. The Balaban J connectivity index is 1.55. The topological polar surface area (TPSA) is 81.1 Å². The summed E-state index contributed by atoms with van der Waals surface area (Å²) in [5, 5.41) is 0. The first-order valence-corrected chi connectivity index (χ1v) is 10.4. The fourth-order valence-electron chi connectivity index (χ4n) is 5.03. The smallest absolute Gasteiger partial charge is 0.325 e. The van der Waals surface area contributed by atoms with Crippen LogP contribution in [0, 0.1) is 5.92 Å². The van der Waals surface area contributed by atoms with Crippen LogP contribution in [0.1, 0.15) is 41.2 Å². The molecular weight excluding hydrogens is 374 g/mol. The molecule has 0 aromatic carbocycles. The van der Waals surface area contributed by atoms with Crippen LogP contribution in [0.3, 0.4) is 0 Å². The highest BCUT2D eigenvalue weighted by Gasteiger charge is 2.38. The van der Waals surface area contributed by atoms with E-state index in [0.29, 0.717) is 24.4 Å². The number of carbonyl (C=O) groups is 2. The summed E-state index contributed by atoms with van der Waals surface area (Å²) in [6, 6.07) is 4.12. The van der Waals surface area contributed by atoms with Gasteiger partial charge >= 0.3 is 5.97 Å². The number of rotatable bonds is 4. The van der Waals surface area contributed by atoms with Crippen molar-refractivity contribution in [1.29, 1.82) is 0 Å². The van der Waals surface area contributed by atoms with Gasteiger partial charge < -0.3 is 18.9 Å². The summed E-state index contributed by atoms with van der Waals surface area (Å²) in [4.78, 5) is 41.1. The Hall–Kier alpha value is -2.19. The van der Waals surface area contributed by atoms with Crippen LogP contribution < -0.4 is 5.56 Å². The number of ether oxygens (including phenoxy) is 2. The molecular formula is C21H29N3O5. The van der Waals surface area contributed by atoms with Crippen molar-refractivity contribution in [2.45, 2.75) is 37.8 Å². The standard InChI is InChI=1S/C21H29N3O5/c1-22(13-19(25)28-2)20(26)17-3-4-18-15-9-14(11-24(18)21(17)27)10-23(12-15)16-5-7-29-8-6-16/h3-4,14-16H,5-13H2,1-2H3/t14-,15+/m0/s1. The number of pyridine rings is 1. The van der Waals surface area contributed by atoms with Crippen molar-refractivity contribution >= 4 is 11.9 Å². The van der Waals surface area contributed by atoms with Crippen molar-refractivity contribution in [3.63, 3.8) is 0 Å². The van der Waals surface area contributed by atoms with Crippen LogP contribution in [0.15, 0.2) is 16.9 Å². The first kappa shape index (κ1) is 20.1. The van der Waals surface area contributed by atoms with Crippen LogP contribution in [-0.4, -0.2) is 79.3 Å². The fourth-order valence-corrected chi connectivity index (χ4v) is 5.03. The summed E-state index contributed by atoms with van der Waals surface area (Å²) in [5.74, 6) is -0.230. The lowest BCUT2D eigenvalue weighted by atomic mass is 9.82. The van der Waals surface area contributed by atoms with Gasteiger partial charge in [0.05, 0.1) is 7.11 Å². The number of hydrogen-bond donors (Lipinski definition) is 0. The van der Waals surface area contributed by atoms with Gasteiger partial charge in [0.15, 0.2) is 0 Å². The highest BCUT2D eigenvalue weighted by molar-refractivity contribution is 5.95. The van der Waals surface area contributed by atoms with Gasteiger partial charge in [0.2, 0.25) is 0 Å². The molecule has 3 aliphatic rings. The Kier molecular flexibility index (Phi) is 5.74. The number of aromatic nitrogens is 1. The van der Waals surface area contributed by atoms with Crippen molar-refractivity contribution in [2.24, 2.45) is 5.92 Å². The van der Waals surface area contributed by atoms with Crippen molar-refractivity contribution in [3.05, 3.63) is 33.7 Å². The Morgan fingerprint density at radius 1 is 1.21 bits per heavy atom. The van der Waals surface area contributed by atoms with Gasteiger partial charge in [0.25, 0.3) is 11.5 Å². The quantitative estimate of drug-likeness (QED) is 0.688. The number of piperidine rings is 1. The molecule has 2 atom stereocenters. The van der Waals surface area contributed by atoms with E-state index in [4.69, 9.17) is 4.74 Å². The first-order valence-electron chi connectivity index (χ1n) is 10.4. The molecule has 0 unspecified atom stereocenters. The predicted octanol–water partition coefficient (Wildman–Crippen LogP) is 0.691. The number of carbonyl (C=O) groups excluding carboxylic acids is 2. The molecule has 1 aromatic rings. The summed E-state index contributed by atoms with van der Waals surface area (Å²) >= 11 is 0. The molecule has 4 heterocycles. The molecule has 29 heavy (non-hydrogen) atoms. The van der Waals surface area contributed by atoms with Crippen LogP contribution in [0.5, 0.6) is 0 Å². The van der Waals surface area contributed by atoms with E-state index in [1.165, 1.54) is 19.1 Å². The number of amides is 1. The van der Waals surface area contributed by atoms with Crippen LogP contribution >= 0.6 is 0 Å². The van der Waals surface area contributed by atoms with Crippen molar-refractivity contribution < 1.29 is 19.1 Å². The monoisotopic (exact) mass is 403 g/mol. The molecule has 8 nitrogen and oxygen atoms in total. The molecule has 0 saturated carbocycles. The van der Waals surface area contributed by atoms with Gasteiger partial charge in [-0.2, -0.15) is 0 Å². The van der Waals surface area contributed by atoms with Crippen LogP contribution in [0.2, 0.25) is 0 Å². The largest absolute Gasteiger partial charge is 0.468 e. The summed E-state index contributed by atoms with van der Waals surface area (Å²) in [6.45, 7) is 4.08. The fraction of sp³-hybridized carbons (Fsp3) is 0.667. The average molecular weight is 403 g/mol. The highest BCUT2D eigenvalue weighted by atomic mass is 16.5. The number of esters is 1. The number of likely N-dealkylation sites (tertiary alicyclic amines) is 1. The van der Waals surface area contributed by atoms with Crippen molar-refractivity contribution in [3.8, 4) is 0 Å². The zero-order chi connectivity index (χ0) is 20.5. The molecule has 0 spiro atoms. The van der Waals surface area contributed by atoms with Gasteiger partial charge in [0, 0.05) is 57.5 Å². The van der Waals surface area contributed by atoms with Gasteiger partial charge in [-0.25, -0.2) is 0 Å². The summed E-state index contributed by atoms with van der Waals surface area (Å²) in [6.07, 6.45) is 3.24. The molecule has 0 N–H and O–H groups in total. The summed E-state index contributed by atoms with van der Waals surface area (Å²) in [5.41, 5.74) is 0.884. The maximum Gasteiger partial charge on any atom is 0.325 e. The molecule has 3 aliphatic heterocycles. The third kappa shape index (κ3) is 3.96. The molecule has 4 rings (SSSR count). The molecule has 8 heteroatoms. The first-order chi connectivity index (χ1) is 14.0. The van der Waals surface area contributed by atoms with Gasteiger partial charge in [-0.05, 0) is 37.3 Å². The number of methoxy groups -OCH3 is 1. The number of hydrogen-bond acceptors (Lipinski definition) is 6. The van der Waals surface area contributed by atoms with E-state index in [9.17, 15) is 14.4 Å². The predicted molar refractivity (Wildman–Crippen MR) is 106 cm³/mol. The molecule has 0 radical (unpaired) electrons. The maximum absolute atomic E-state index is 13.1. The third-order valence-corrected chi connectivity index (χ3v) is 6.51. The Morgan fingerprint density at radius 2 is 1.97 bits per heavy atom. The zero-order valence-corrected chi connectivity index (χ0v) is 17.1. The van der Waals surface area contributed by atoms with E-state index in [0.717, 1.165) is 51.3 Å². The second kappa shape index (κ2) is 8.28. The SMILES string of the molecule is COC(=O)CN(C)C(=O)c1ccc2n(c1=O)C[C@H]1C[C@@H]2CN(C2CCOCC2)C1. The van der Waals surface area contributed by atoms with E-state index >= 15 is 0 Å². The zero-order valence-electron chi connectivity index (χ0n) is 17.1. The van der Waals surface area contributed by atoms with E-state index < -0.39 is 11.9 Å². The normalized spacial score (nSPS) is 24.6. The molecule has 2 fully saturated rings. The average Bonchev–Trinajstić information content (AvgIpc) is 2.74. The van der Waals surface area contributed by atoms with Crippen LogP contribution in [0.4, 0.5) is 0 Å². The second-order valence-corrected chi connectivity index (χ2v) is 8.42. The molecule has 1 aromatic heterocycles. The molecule has 158 valence electrons. The number of likely N-dealkylation sites (N-methyl/N-ethyl adjacent to an activating group) is 1. The number of nitrogens with zero attached hydrogens (tertiary/aromatic N) is 3. The number of fused-ring (bicyclic) bond motifs is 4. The summed E-state index contributed by atoms with van der Waals surface area (Å²) in [7, 11) is 2.78. The Bertz CT molecular complexity index is 845. The van der Waals surface area contributed by atoms with Crippen molar-refractivity contribution in [1.82, 2.24) is 14.4 Å². The van der Waals surface area contributed by atoms with Gasteiger partial charge in [-0.15, -0.1) is 0 Å². The van der Waals surface area contributed by atoms with E-state index in [-0.39, 0.29) is 17.7 Å². The molecule has 0 aliphatic carbocycles. The molecule has 2 saturated heterocycles. The summed E-state index contributed by atoms with van der Waals surface area (Å²) < 4.78 is 11.9. The van der Waals surface area contributed by atoms with Crippen LogP contribution in [-0.2, 0) is 20.8 Å². The van der Waals surface area contributed by atoms with E-state index in [1.54, 1.807) is 10.6 Å². The van der Waals surface area contributed by atoms with Crippen molar-refractivity contribution in [2.75, 3.05) is 47.0 Å². The minimum atomic E-state index is -0.512. The molecule has 1 amide bonds. The lowest BCUT2D eigenvalue weighted by Crippen LogP contribution is -2.52. The van der Waals surface area contributed by atoms with Crippen LogP contribution in [0.25, 0.3) is 0 Å². The Morgan fingerprint density at radius 3 is 2.69 bits per heavy atom. The van der Waals surface area contributed by atoms with E-state index in [1.807, 2.05) is 6.07 Å². The van der Waals surface area contributed by atoms with Gasteiger partial charge in [-0.1, -0.05) is 0 Å². The van der Waals surface area contributed by atoms with Gasteiger partial charge in [0.1, 0.15) is 12.1 Å². The Labute approximate surface area is 170 Å². The maximum atomic E-state index is 13.1. The lowest BCUT2D eigenvalue weighted by Gasteiger charge is -2.46.